The Kier molecular flexibility index (Phi) is 4.31. The summed E-state index contributed by atoms with van der Waals surface area (Å²) in [5.74, 6) is 2.25. The van der Waals surface area contributed by atoms with Gasteiger partial charge in [0.15, 0.2) is 0 Å². The van der Waals surface area contributed by atoms with Crippen molar-refractivity contribution >= 4 is 5.82 Å². The standard InChI is InChI=1S/C13H22N4/c1-10-6-13(17-16-8-10)15-9-12-5-3-2-4-11(12)7-14/h6,8,11-12H,2-5,7,9,14H2,1H3,(H,15,17). The lowest BCUT2D eigenvalue weighted by molar-refractivity contribution is 0.255. The van der Waals surface area contributed by atoms with Crippen molar-refractivity contribution in [3.63, 3.8) is 0 Å². The molecule has 1 aromatic rings. The first-order chi connectivity index (χ1) is 8.29. The van der Waals surface area contributed by atoms with Crippen molar-refractivity contribution in [2.75, 3.05) is 18.4 Å². The fourth-order valence-corrected chi connectivity index (χ4v) is 2.65. The highest BCUT2D eigenvalue weighted by Gasteiger charge is 2.23. The maximum atomic E-state index is 5.83. The van der Waals surface area contributed by atoms with Gasteiger partial charge in [-0.3, -0.25) is 0 Å². The van der Waals surface area contributed by atoms with Crippen LogP contribution in [0.15, 0.2) is 12.3 Å². The van der Waals surface area contributed by atoms with E-state index in [0.717, 1.165) is 24.5 Å². The lowest BCUT2D eigenvalue weighted by Crippen LogP contribution is -2.31. The number of aryl methyl sites for hydroxylation is 1. The predicted molar refractivity (Wildman–Crippen MR) is 69.8 cm³/mol. The summed E-state index contributed by atoms with van der Waals surface area (Å²) in [6.07, 6.45) is 7.01. The minimum absolute atomic E-state index is 0.675. The molecule has 4 nitrogen and oxygen atoms in total. The van der Waals surface area contributed by atoms with Crippen LogP contribution in [0.2, 0.25) is 0 Å². The van der Waals surface area contributed by atoms with Crippen molar-refractivity contribution in [2.45, 2.75) is 32.6 Å². The molecule has 0 spiro atoms. The van der Waals surface area contributed by atoms with Gasteiger partial charge in [-0.1, -0.05) is 12.8 Å². The molecule has 2 unspecified atom stereocenters. The summed E-state index contributed by atoms with van der Waals surface area (Å²) in [6, 6.07) is 2.03. The molecule has 1 aliphatic rings. The largest absolute Gasteiger partial charge is 0.368 e. The van der Waals surface area contributed by atoms with Crippen molar-refractivity contribution in [1.29, 1.82) is 0 Å². The van der Waals surface area contributed by atoms with E-state index in [0.29, 0.717) is 11.8 Å². The lowest BCUT2D eigenvalue weighted by Gasteiger charge is -2.30. The Bertz CT molecular complexity index is 353. The molecule has 1 aromatic heterocycles. The van der Waals surface area contributed by atoms with Crippen LogP contribution >= 0.6 is 0 Å². The molecule has 0 aliphatic heterocycles. The van der Waals surface area contributed by atoms with Gasteiger partial charge in [0, 0.05) is 6.54 Å². The molecule has 1 saturated carbocycles. The summed E-state index contributed by atoms with van der Waals surface area (Å²) in [5, 5.41) is 11.4. The van der Waals surface area contributed by atoms with Crippen LogP contribution in [0, 0.1) is 18.8 Å². The maximum Gasteiger partial charge on any atom is 0.148 e. The summed E-state index contributed by atoms with van der Waals surface area (Å²) < 4.78 is 0. The molecule has 3 N–H and O–H groups in total. The number of hydrogen-bond donors (Lipinski definition) is 2. The third kappa shape index (κ3) is 3.40. The summed E-state index contributed by atoms with van der Waals surface area (Å²) in [5.41, 5.74) is 6.97. The Morgan fingerprint density at radius 3 is 2.82 bits per heavy atom. The van der Waals surface area contributed by atoms with Gasteiger partial charge in [0.25, 0.3) is 0 Å². The van der Waals surface area contributed by atoms with Gasteiger partial charge < -0.3 is 11.1 Å². The molecular weight excluding hydrogens is 212 g/mol. The second-order valence-corrected chi connectivity index (χ2v) is 5.04. The summed E-state index contributed by atoms with van der Waals surface area (Å²) in [7, 11) is 0. The SMILES string of the molecule is Cc1cnnc(NCC2CCCCC2CN)c1. The van der Waals surface area contributed by atoms with Crippen molar-refractivity contribution in [1.82, 2.24) is 10.2 Å². The molecular formula is C13H22N4. The van der Waals surface area contributed by atoms with Gasteiger partial charge in [-0.25, -0.2) is 0 Å². The van der Waals surface area contributed by atoms with Crippen LogP contribution in [0.25, 0.3) is 0 Å². The van der Waals surface area contributed by atoms with Crippen LogP contribution in [0.3, 0.4) is 0 Å². The molecule has 1 fully saturated rings. The van der Waals surface area contributed by atoms with E-state index >= 15 is 0 Å². The molecule has 1 aliphatic carbocycles. The molecule has 2 atom stereocenters. The van der Waals surface area contributed by atoms with E-state index in [1.165, 1.54) is 25.7 Å². The zero-order chi connectivity index (χ0) is 12.1. The highest BCUT2D eigenvalue weighted by molar-refractivity contribution is 5.34. The highest BCUT2D eigenvalue weighted by Crippen LogP contribution is 2.29. The van der Waals surface area contributed by atoms with Gasteiger partial charge in [0.05, 0.1) is 6.20 Å². The summed E-state index contributed by atoms with van der Waals surface area (Å²) in [6.45, 7) is 3.81. The van der Waals surface area contributed by atoms with E-state index in [9.17, 15) is 0 Å². The van der Waals surface area contributed by atoms with E-state index < -0.39 is 0 Å². The molecule has 0 radical (unpaired) electrons. The third-order valence-corrected chi connectivity index (χ3v) is 3.71. The number of nitrogens with zero attached hydrogens (tertiary/aromatic N) is 2. The molecule has 4 heteroatoms. The van der Waals surface area contributed by atoms with Crippen molar-refractivity contribution in [3.8, 4) is 0 Å². The van der Waals surface area contributed by atoms with Crippen LogP contribution in [0.1, 0.15) is 31.2 Å². The van der Waals surface area contributed by atoms with Gasteiger partial charge in [-0.15, -0.1) is 5.10 Å². The second kappa shape index (κ2) is 5.96. The number of anilines is 1. The first-order valence-electron chi connectivity index (χ1n) is 6.53. The molecule has 94 valence electrons. The highest BCUT2D eigenvalue weighted by atomic mass is 15.2. The molecule has 1 heterocycles. The normalized spacial score (nSPS) is 24.6. The summed E-state index contributed by atoms with van der Waals surface area (Å²) >= 11 is 0. The quantitative estimate of drug-likeness (QED) is 0.836. The molecule has 0 saturated heterocycles. The molecule has 0 bridgehead atoms. The Morgan fingerprint density at radius 1 is 1.35 bits per heavy atom. The van der Waals surface area contributed by atoms with Crippen LogP contribution in [-0.4, -0.2) is 23.3 Å². The Labute approximate surface area is 103 Å². The van der Waals surface area contributed by atoms with Crippen LogP contribution in [-0.2, 0) is 0 Å². The minimum Gasteiger partial charge on any atom is -0.368 e. The number of rotatable bonds is 4. The number of hydrogen-bond acceptors (Lipinski definition) is 4. The van der Waals surface area contributed by atoms with Crippen LogP contribution in [0.4, 0.5) is 5.82 Å². The number of aromatic nitrogens is 2. The van der Waals surface area contributed by atoms with E-state index in [2.05, 4.69) is 15.5 Å². The smallest absolute Gasteiger partial charge is 0.148 e. The van der Waals surface area contributed by atoms with E-state index in [4.69, 9.17) is 5.73 Å². The average Bonchev–Trinajstić information content (AvgIpc) is 2.37. The second-order valence-electron chi connectivity index (χ2n) is 5.04. The third-order valence-electron chi connectivity index (χ3n) is 3.71. The minimum atomic E-state index is 0.675. The molecule has 17 heavy (non-hydrogen) atoms. The zero-order valence-corrected chi connectivity index (χ0v) is 10.5. The fraction of sp³-hybridized carbons (Fsp3) is 0.692. The van der Waals surface area contributed by atoms with E-state index in [-0.39, 0.29) is 0 Å². The fourth-order valence-electron chi connectivity index (χ4n) is 2.65. The van der Waals surface area contributed by atoms with Crippen molar-refractivity contribution in [3.05, 3.63) is 17.8 Å². The Morgan fingerprint density at radius 2 is 2.12 bits per heavy atom. The Hall–Kier alpha value is -1.16. The summed E-state index contributed by atoms with van der Waals surface area (Å²) in [4.78, 5) is 0. The topological polar surface area (TPSA) is 63.8 Å². The van der Waals surface area contributed by atoms with Crippen LogP contribution < -0.4 is 11.1 Å². The van der Waals surface area contributed by atoms with Crippen molar-refractivity contribution in [2.24, 2.45) is 17.6 Å². The predicted octanol–water partition coefficient (Wildman–Crippen LogP) is 1.96. The average molecular weight is 234 g/mol. The first-order valence-corrected chi connectivity index (χ1v) is 6.53. The van der Waals surface area contributed by atoms with E-state index in [1.54, 1.807) is 6.20 Å². The number of nitrogens with two attached hydrogens (primary N) is 1. The van der Waals surface area contributed by atoms with Gasteiger partial charge >= 0.3 is 0 Å². The van der Waals surface area contributed by atoms with E-state index in [1.807, 2.05) is 13.0 Å². The molecule has 2 rings (SSSR count). The maximum absolute atomic E-state index is 5.83. The zero-order valence-electron chi connectivity index (χ0n) is 10.5. The lowest BCUT2D eigenvalue weighted by atomic mass is 9.79. The van der Waals surface area contributed by atoms with Crippen molar-refractivity contribution < 1.29 is 0 Å². The molecule has 0 aromatic carbocycles. The van der Waals surface area contributed by atoms with Gasteiger partial charge in [0.2, 0.25) is 0 Å². The van der Waals surface area contributed by atoms with Crippen LogP contribution in [0.5, 0.6) is 0 Å². The Balaban J connectivity index is 1.88. The van der Waals surface area contributed by atoms with Gasteiger partial charge in [-0.05, 0) is 49.8 Å². The van der Waals surface area contributed by atoms with Gasteiger partial charge in [0.1, 0.15) is 5.82 Å². The first kappa shape index (κ1) is 12.3. The van der Waals surface area contributed by atoms with Gasteiger partial charge in [-0.2, -0.15) is 5.10 Å². The number of nitrogens with one attached hydrogen (secondary N) is 1. The monoisotopic (exact) mass is 234 g/mol. The molecule has 0 amide bonds.